The summed E-state index contributed by atoms with van der Waals surface area (Å²) < 4.78 is 13.7. The van der Waals surface area contributed by atoms with Gasteiger partial charge in [0, 0.05) is 5.56 Å². The van der Waals surface area contributed by atoms with Crippen molar-refractivity contribution in [3.63, 3.8) is 0 Å². The smallest absolute Gasteiger partial charge is 0.266 e. The summed E-state index contributed by atoms with van der Waals surface area (Å²) in [6.07, 6.45) is 1.26. The molecule has 0 N–H and O–H groups in total. The van der Waals surface area contributed by atoms with E-state index in [-0.39, 0.29) is 19.8 Å². The number of hydrogen-bond acceptors (Lipinski definition) is 5. The van der Waals surface area contributed by atoms with E-state index in [1.165, 1.54) is 24.3 Å². The Bertz CT molecular complexity index is 627. The van der Waals surface area contributed by atoms with E-state index < -0.39 is 24.2 Å². The maximum absolute atomic E-state index is 13.6. The summed E-state index contributed by atoms with van der Waals surface area (Å²) in [6, 6.07) is 4.13. The van der Waals surface area contributed by atoms with Gasteiger partial charge in [-0.1, -0.05) is 41.6 Å². The van der Waals surface area contributed by atoms with Crippen molar-refractivity contribution in [2.45, 2.75) is 0 Å². The fourth-order valence-electron chi connectivity index (χ4n) is 1.55. The first kappa shape index (κ1) is 15.0. The van der Waals surface area contributed by atoms with Crippen LogP contribution in [0.15, 0.2) is 23.1 Å². The van der Waals surface area contributed by atoms with Gasteiger partial charge in [-0.15, -0.1) is 0 Å². The Labute approximate surface area is 128 Å². The van der Waals surface area contributed by atoms with Crippen molar-refractivity contribution in [1.82, 2.24) is 4.90 Å². The topological polar surface area (TPSA) is 60.4 Å². The largest absolute Gasteiger partial charge is 0.548 e. The molecular weight excluding hydrogens is 325 g/mol. The van der Waals surface area contributed by atoms with Crippen LogP contribution in [0, 0.1) is 5.82 Å². The van der Waals surface area contributed by atoms with Crippen molar-refractivity contribution in [3.8, 4) is 0 Å². The number of nitrogens with zero attached hydrogens (tertiary/aromatic N) is 1. The highest BCUT2D eigenvalue weighted by molar-refractivity contribution is 8.26. The molecule has 1 aromatic carbocycles. The van der Waals surface area contributed by atoms with Crippen LogP contribution in [-0.2, 0) is 9.59 Å². The Kier molecular flexibility index (Phi) is 4.42. The zero-order valence-electron chi connectivity index (χ0n) is 9.76. The number of aliphatic carboxylic acids is 1. The molecule has 20 heavy (non-hydrogen) atoms. The third kappa shape index (κ3) is 3.00. The first-order valence-corrected chi connectivity index (χ1v) is 6.89. The minimum absolute atomic E-state index is 0.0584. The molecule has 0 aliphatic carbocycles. The molecule has 1 amide bonds. The van der Waals surface area contributed by atoms with E-state index in [9.17, 15) is 19.1 Å². The number of thioether (sulfide) groups is 1. The monoisotopic (exact) mass is 330 g/mol. The summed E-state index contributed by atoms with van der Waals surface area (Å²) in [5, 5.41) is 10.7. The number of halogens is 2. The van der Waals surface area contributed by atoms with Crippen LogP contribution in [0.2, 0.25) is 5.02 Å². The molecule has 104 valence electrons. The van der Waals surface area contributed by atoms with Gasteiger partial charge in [-0.3, -0.25) is 9.69 Å². The zero-order chi connectivity index (χ0) is 14.9. The van der Waals surface area contributed by atoms with Gasteiger partial charge < -0.3 is 9.90 Å². The molecule has 0 atom stereocenters. The minimum Gasteiger partial charge on any atom is -0.548 e. The van der Waals surface area contributed by atoms with Gasteiger partial charge in [-0.2, -0.15) is 0 Å². The molecule has 0 saturated carbocycles. The summed E-state index contributed by atoms with van der Waals surface area (Å²) in [7, 11) is 0. The fraction of sp³-hybridized carbons (Fsp3) is 0.0833. The summed E-state index contributed by atoms with van der Waals surface area (Å²) in [5.74, 6) is -2.61. The normalized spacial score (nSPS) is 17.1. The summed E-state index contributed by atoms with van der Waals surface area (Å²) >= 11 is 11.6. The number of carboxylic acid groups (broad SMARTS) is 1. The highest BCUT2D eigenvalue weighted by Crippen LogP contribution is 2.34. The van der Waals surface area contributed by atoms with Gasteiger partial charge in [0.25, 0.3) is 5.91 Å². The fourth-order valence-corrected chi connectivity index (χ4v) is 3.00. The van der Waals surface area contributed by atoms with Gasteiger partial charge >= 0.3 is 0 Å². The maximum Gasteiger partial charge on any atom is 0.266 e. The van der Waals surface area contributed by atoms with E-state index in [1.54, 1.807) is 0 Å². The molecule has 1 fully saturated rings. The van der Waals surface area contributed by atoms with Crippen LogP contribution < -0.4 is 5.11 Å². The van der Waals surface area contributed by atoms with Crippen molar-refractivity contribution in [3.05, 3.63) is 39.5 Å². The van der Waals surface area contributed by atoms with Gasteiger partial charge in [0.15, 0.2) is 0 Å². The number of hydrogen-bond donors (Lipinski definition) is 0. The van der Waals surface area contributed by atoms with Crippen LogP contribution in [0.1, 0.15) is 5.56 Å². The van der Waals surface area contributed by atoms with Crippen LogP contribution in [0.3, 0.4) is 0 Å². The molecule has 1 heterocycles. The standard InChI is InChI=1S/C12H7ClFNO3S2/c13-7-2-1-3-8(14)6(7)4-9-11(18)15(5-10(16)17)12(19)20-9/h1-4H,5H2,(H,16,17)/p-1/b9-4+. The molecule has 4 nitrogen and oxygen atoms in total. The van der Waals surface area contributed by atoms with Gasteiger partial charge in [-0.25, -0.2) is 4.39 Å². The molecule has 0 bridgehead atoms. The Morgan fingerprint density at radius 3 is 2.85 bits per heavy atom. The van der Waals surface area contributed by atoms with Gasteiger partial charge in [0.05, 0.1) is 22.4 Å². The number of amides is 1. The van der Waals surface area contributed by atoms with Crippen LogP contribution in [0.4, 0.5) is 4.39 Å². The van der Waals surface area contributed by atoms with E-state index in [1.807, 2.05) is 0 Å². The predicted molar refractivity (Wildman–Crippen MR) is 76.3 cm³/mol. The molecule has 0 aromatic heterocycles. The molecule has 0 spiro atoms. The molecule has 1 aliphatic rings. The van der Waals surface area contributed by atoms with Gasteiger partial charge in [0.2, 0.25) is 0 Å². The third-order valence-electron chi connectivity index (χ3n) is 2.44. The molecule has 0 radical (unpaired) electrons. The average Bonchev–Trinajstić information content (AvgIpc) is 2.61. The van der Waals surface area contributed by atoms with E-state index in [0.717, 1.165) is 16.7 Å². The SMILES string of the molecule is O=C([O-])CN1C(=O)/C(=C\c2c(F)cccc2Cl)SC1=S. The van der Waals surface area contributed by atoms with Crippen molar-refractivity contribution >= 4 is 57.9 Å². The van der Waals surface area contributed by atoms with E-state index in [2.05, 4.69) is 0 Å². The lowest BCUT2D eigenvalue weighted by Crippen LogP contribution is -2.40. The van der Waals surface area contributed by atoms with Crippen LogP contribution in [0.5, 0.6) is 0 Å². The van der Waals surface area contributed by atoms with E-state index in [0.29, 0.717) is 0 Å². The Morgan fingerprint density at radius 2 is 2.25 bits per heavy atom. The average molecular weight is 331 g/mol. The predicted octanol–water partition coefficient (Wildman–Crippen LogP) is 1.43. The van der Waals surface area contributed by atoms with E-state index in [4.69, 9.17) is 23.8 Å². The number of carbonyl (C=O) groups excluding carboxylic acids is 2. The van der Waals surface area contributed by atoms with Gasteiger partial charge in [0.1, 0.15) is 10.1 Å². The minimum atomic E-state index is -1.42. The molecule has 1 aromatic rings. The molecule has 1 saturated heterocycles. The van der Waals surface area contributed by atoms with Crippen molar-refractivity contribution in [1.29, 1.82) is 0 Å². The highest BCUT2D eigenvalue weighted by atomic mass is 35.5. The van der Waals surface area contributed by atoms with Crippen LogP contribution in [0.25, 0.3) is 6.08 Å². The van der Waals surface area contributed by atoms with Crippen molar-refractivity contribution in [2.75, 3.05) is 6.54 Å². The first-order chi connectivity index (χ1) is 9.40. The Balaban J connectivity index is 2.35. The number of rotatable bonds is 3. The van der Waals surface area contributed by atoms with E-state index >= 15 is 0 Å². The number of carboxylic acids is 1. The maximum atomic E-state index is 13.6. The Morgan fingerprint density at radius 1 is 1.55 bits per heavy atom. The zero-order valence-corrected chi connectivity index (χ0v) is 12.1. The van der Waals surface area contributed by atoms with Crippen LogP contribution in [-0.4, -0.2) is 27.6 Å². The third-order valence-corrected chi connectivity index (χ3v) is 4.14. The molecule has 0 unspecified atom stereocenters. The lowest BCUT2D eigenvalue weighted by Gasteiger charge is -2.14. The number of thiocarbonyl (C=S) groups is 1. The Hall–Kier alpha value is -1.44. The van der Waals surface area contributed by atoms with Crippen LogP contribution >= 0.6 is 35.6 Å². The molecule has 1 aliphatic heterocycles. The lowest BCUT2D eigenvalue weighted by atomic mass is 10.2. The molecule has 8 heteroatoms. The highest BCUT2D eigenvalue weighted by Gasteiger charge is 2.32. The second-order valence-electron chi connectivity index (χ2n) is 3.78. The summed E-state index contributed by atoms with van der Waals surface area (Å²) in [4.78, 5) is 23.5. The number of carbonyl (C=O) groups is 2. The summed E-state index contributed by atoms with van der Waals surface area (Å²) in [5.41, 5.74) is 0.0584. The first-order valence-electron chi connectivity index (χ1n) is 5.29. The summed E-state index contributed by atoms with van der Waals surface area (Å²) in [6.45, 7) is -0.632. The molecular formula is C12H6ClFNO3S2-. The second-order valence-corrected chi connectivity index (χ2v) is 5.86. The van der Waals surface area contributed by atoms with Crippen molar-refractivity contribution in [2.24, 2.45) is 0 Å². The van der Waals surface area contributed by atoms with Gasteiger partial charge in [-0.05, 0) is 18.2 Å². The number of benzene rings is 1. The second kappa shape index (κ2) is 5.90. The lowest BCUT2D eigenvalue weighted by molar-refractivity contribution is -0.305. The quantitative estimate of drug-likeness (QED) is 0.620. The molecule has 2 rings (SSSR count). The van der Waals surface area contributed by atoms with Crippen molar-refractivity contribution < 1.29 is 19.1 Å².